The molecule has 100 valence electrons. The summed E-state index contributed by atoms with van der Waals surface area (Å²) in [6, 6.07) is 1.70. The molecule has 0 N–H and O–H groups in total. The molecular weight excluding hydrogens is 268 g/mol. The fourth-order valence-corrected chi connectivity index (χ4v) is 1.06. The largest absolute Gasteiger partial charge is 0.419 e. The molecule has 0 amide bonds. The monoisotopic (exact) mass is 274 g/mol. The summed E-state index contributed by atoms with van der Waals surface area (Å²) in [5.41, 5.74) is -1.56. The van der Waals surface area contributed by atoms with E-state index in [9.17, 15) is 27.2 Å². The first-order valence-electron chi connectivity index (χ1n) is 4.81. The Kier molecular flexibility index (Phi) is 4.27. The van der Waals surface area contributed by atoms with Crippen molar-refractivity contribution in [2.24, 2.45) is 0 Å². The van der Waals surface area contributed by atoms with Crippen LogP contribution in [0, 0.1) is 17.7 Å². The minimum absolute atomic E-state index is 0.336. The van der Waals surface area contributed by atoms with Gasteiger partial charge in [0.25, 0.3) is 0 Å². The Hall–Kier alpha value is -2.36. The Morgan fingerprint density at radius 2 is 1.84 bits per heavy atom. The van der Waals surface area contributed by atoms with E-state index >= 15 is 0 Å². The number of esters is 1. The van der Waals surface area contributed by atoms with Gasteiger partial charge in [-0.1, -0.05) is 0 Å². The van der Waals surface area contributed by atoms with E-state index in [-0.39, 0.29) is 0 Å². The van der Waals surface area contributed by atoms with E-state index in [1.54, 1.807) is 5.92 Å². The zero-order valence-electron chi connectivity index (χ0n) is 9.47. The number of hydrogen-bond donors (Lipinski definition) is 0. The highest BCUT2D eigenvalue weighted by Gasteiger charge is 2.34. The van der Waals surface area contributed by atoms with Crippen LogP contribution in [0.5, 0.6) is 5.75 Å². The maximum Gasteiger partial charge on any atom is 0.419 e. The Bertz CT molecular complexity index is 579. The Morgan fingerprint density at radius 3 is 2.37 bits per heavy atom. The van der Waals surface area contributed by atoms with E-state index in [2.05, 4.69) is 4.74 Å². The van der Waals surface area contributed by atoms with Crippen molar-refractivity contribution in [2.75, 3.05) is 0 Å². The van der Waals surface area contributed by atoms with Crippen LogP contribution >= 0.6 is 0 Å². The second-order valence-corrected chi connectivity index (χ2v) is 3.34. The molecule has 0 fully saturated rings. The first-order valence-corrected chi connectivity index (χ1v) is 4.81. The predicted octanol–water partition coefficient (Wildman–Crippen LogP) is 2.34. The summed E-state index contributed by atoms with van der Waals surface area (Å²) in [6.45, 7) is 1.10. The summed E-state index contributed by atoms with van der Waals surface area (Å²) in [5, 5.41) is 0. The van der Waals surface area contributed by atoms with E-state index in [4.69, 9.17) is 0 Å². The van der Waals surface area contributed by atoms with E-state index in [0.29, 0.717) is 12.1 Å². The highest BCUT2D eigenvalue weighted by atomic mass is 19.4. The van der Waals surface area contributed by atoms with Gasteiger partial charge in [0.05, 0.1) is 5.56 Å². The Morgan fingerprint density at radius 1 is 1.21 bits per heavy atom. The smallest absolute Gasteiger partial charge is 0.417 e. The standard InChI is InChI=1S/C12H6F4O3/c1-7(17)2-5-11(18)19-8-3-4-10(13)9(6-8)12(14,15)16/h3-4,6H,1H3. The molecule has 1 aromatic rings. The third-order valence-electron chi connectivity index (χ3n) is 1.79. The highest BCUT2D eigenvalue weighted by Crippen LogP contribution is 2.33. The number of halogens is 4. The number of ether oxygens (including phenoxy) is 1. The van der Waals surface area contributed by atoms with Crippen molar-refractivity contribution < 1.29 is 31.9 Å². The molecule has 0 radical (unpaired) electrons. The SMILES string of the molecule is CC(=O)C#CC(=O)Oc1ccc(F)c(C(F)(F)F)c1. The van der Waals surface area contributed by atoms with Crippen LogP contribution in [0.1, 0.15) is 12.5 Å². The minimum Gasteiger partial charge on any atom is -0.417 e. The van der Waals surface area contributed by atoms with E-state index < -0.39 is 35.1 Å². The summed E-state index contributed by atoms with van der Waals surface area (Å²) in [7, 11) is 0. The maximum atomic E-state index is 12.9. The van der Waals surface area contributed by atoms with Gasteiger partial charge in [-0.3, -0.25) is 4.79 Å². The van der Waals surface area contributed by atoms with Crippen molar-refractivity contribution in [3.63, 3.8) is 0 Å². The number of Topliss-reactive ketones (excluding diaryl/α,β-unsaturated/α-hetero) is 1. The summed E-state index contributed by atoms with van der Waals surface area (Å²) < 4.78 is 54.4. The van der Waals surface area contributed by atoms with Crippen LogP contribution in [0.15, 0.2) is 18.2 Å². The second-order valence-electron chi connectivity index (χ2n) is 3.34. The van der Waals surface area contributed by atoms with Crippen LogP contribution in [0.4, 0.5) is 17.6 Å². The topological polar surface area (TPSA) is 43.4 Å². The summed E-state index contributed by atoms with van der Waals surface area (Å²) >= 11 is 0. The molecule has 7 heteroatoms. The number of rotatable bonds is 1. The minimum atomic E-state index is -4.91. The first-order chi connectivity index (χ1) is 8.70. The Labute approximate surface area is 105 Å². The molecule has 0 aliphatic rings. The number of ketones is 1. The van der Waals surface area contributed by atoms with Crippen LogP contribution in [0.2, 0.25) is 0 Å². The van der Waals surface area contributed by atoms with Gasteiger partial charge in [0.1, 0.15) is 11.6 Å². The molecule has 0 unspecified atom stereocenters. The average Bonchev–Trinajstić information content (AvgIpc) is 2.27. The van der Waals surface area contributed by atoms with Crippen molar-refractivity contribution >= 4 is 11.8 Å². The fourth-order valence-electron chi connectivity index (χ4n) is 1.06. The van der Waals surface area contributed by atoms with Crippen molar-refractivity contribution in [3.8, 4) is 17.6 Å². The number of alkyl halides is 3. The van der Waals surface area contributed by atoms with Crippen molar-refractivity contribution in [2.45, 2.75) is 13.1 Å². The number of carbonyl (C=O) groups excluding carboxylic acids is 2. The quantitative estimate of drug-likeness (QED) is 0.197. The van der Waals surface area contributed by atoms with E-state index in [1.807, 2.05) is 5.92 Å². The van der Waals surface area contributed by atoms with Gasteiger partial charge >= 0.3 is 12.1 Å². The van der Waals surface area contributed by atoms with Gasteiger partial charge in [-0.2, -0.15) is 13.2 Å². The molecule has 19 heavy (non-hydrogen) atoms. The van der Waals surface area contributed by atoms with Crippen LogP contribution in [-0.2, 0) is 15.8 Å². The molecule has 1 rings (SSSR count). The number of benzene rings is 1. The summed E-state index contributed by atoms with van der Waals surface area (Å²) in [4.78, 5) is 21.5. The van der Waals surface area contributed by atoms with E-state index in [0.717, 1.165) is 13.0 Å². The highest BCUT2D eigenvalue weighted by molar-refractivity contribution is 6.01. The van der Waals surface area contributed by atoms with Crippen LogP contribution in [0.3, 0.4) is 0 Å². The summed E-state index contributed by atoms with van der Waals surface area (Å²) in [6.07, 6.45) is -4.91. The van der Waals surface area contributed by atoms with Crippen molar-refractivity contribution in [1.82, 2.24) is 0 Å². The molecule has 3 nitrogen and oxygen atoms in total. The second kappa shape index (κ2) is 5.52. The molecular formula is C12H6F4O3. The average molecular weight is 274 g/mol. The first kappa shape index (κ1) is 14.7. The molecule has 0 atom stereocenters. The molecule has 0 bridgehead atoms. The van der Waals surface area contributed by atoms with Gasteiger partial charge in [0.2, 0.25) is 5.78 Å². The molecule has 0 aromatic heterocycles. The molecule has 0 heterocycles. The van der Waals surface area contributed by atoms with Gasteiger partial charge in [-0.05, 0) is 24.1 Å². The van der Waals surface area contributed by atoms with E-state index in [1.165, 1.54) is 0 Å². The van der Waals surface area contributed by atoms with Crippen molar-refractivity contribution in [3.05, 3.63) is 29.6 Å². The van der Waals surface area contributed by atoms with Crippen molar-refractivity contribution in [1.29, 1.82) is 0 Å². The van der Waals surface area contributed by atoms with Crippen LogP contribution in [0.25, 0.3) is 0 Å². The van der Waals surface area contributed by atoms with Crippen LogP contribution in [-0.4, -0.2) is 11.8 Å². The van der Waals surface area contributed by atoms with Gasteiger partial charge in [0, 0.05) is 12.8 Å². The fraction of sp³-hybridized carbons (Fsp3) is 0.167. The molecule has 0 saturated heterocycles. The maximum absolute atomic E-state index is 12.9. The van der Waals surface area contributed by atoms with Gasteiger partial charge < -0.3 is 4.74 Å². The van der Waals surface area contributed by atoms with Gasteiger partial charge in [-0.15, -0.1) is 0 Å². The lowest BCUT2D eigenvalue weighted by molar-refractivity contribution is -0.140. The molecule has 0 aliphatic carbocycles. The summed E-state index contributed by atoms with van der Waals surface area (Å²) in [5.74, 6) is -0.189. The Balaban J connectivity index is 2.96. The zero-order chi connectivity index (χ0) is 14.6. The third kappa shape index (κ3) is 4.43. The van der Waals surface area contributed by atoms with Gasteiger partial charge in [0.15, 0.2) is 0 Å². The lowest BCUT2D eigenvalue weighted by atomic mass is 10.2. The molecule has 0 aliphatic heterocycles. The molecule has 0 spiro atoms. The predicted molar refractivity (Wildman–Crippen MR) is 55.5 cm³/mol. The number of carbonyl (C=O) groups is 2. The normalized spacial score (nSPS) is 10.4. The number of hydrogen-bond acceptors (Lipinski definition) is 3. The molecule has 1 aromatic carbocycles. The molecule has 0 saturated carbocycles. The lowest BCUT2D eigenvalue weighted by Gasteiger charge is -2.09. The van der Waals surface area contributed by atoms with Crippen LogP contribution < -0.4 is 4.74 Å². The zero-order valence-corrected chi connectivity index (χ0v) is 9.47. The lowest BCUT2D eigenvalue weighted by Crippen LogP contribution is -2.10. The van der Waals surface area contributed by atoms with Gasteiger partial charge in [-0.25, -0.2) is 9.18 Å². The third-order valence-corrected chi connectivity index (χ3v) is 1.79.